The number of thiophene rings is 1. The van der Waals surface area contributed by atoms with Crippen LogP contribution in [0.1, 0.15) is 70.3 Å². The van der Waals surface area contributed by atoms with E-state index in [-0.39, 0.29) is 40.5 Å². The lowest BCUT2D eigenvalue weighted by atomic mass is 10.1. The standard InChI is InChI=1S/C24H29BrClNO6S/c1-7-31-23(29)18-14(5)21(24(30)33-12(2)3)34-22(18)27-17(28)9-8-10-32-16-11-13(4)20(26)15(6)19(16)25/h11-12H,7-10H2,1-6H3,(H,27,28). The first-order valence-electron chi connectivity index (χ1n) is 10.9. The van der Waals surface area contributed by atoms with Crippen LogP contribution in [-0.4, -0.2) is 37.2 Å². The predicted octanol–water partition coefficient (Wildman–Crippen LogP) is 6.63. The molecule has 2 aromatic rings. The van der Waals surface area contributed by atoms with E-state index < -0.39 is 11.9 Å². The second-order valence-electron chi connectivity index (χ2n) is 7.88. The second kappa shape index (κ2) is 12.6. The highest BCUT2D eigenvalue weighted by Gasteiger charge is 2.27. The van der Waals surface area contributed by atoms with E-state index in [0.29, 0.717) is 29.4 Å². The van der Waals surface area contributed by atoms with Crippen molar-refractivity contribution in [2.24, 2.45) is 0 Å². The number of nitrogens with one attached hydrogen (secondary N) is 1. The summed E-state index contributed by atoms with van der Waals surface area (Å²) < 4.78 is 17.0. The number of anilines is 1. The van der Waals surface area contributed by atoms with Gasteiger partial charge in [0.25, 0.3) is 0 Å². The molecule has 0 spiro atoms. The number of hydrogen-bond acceptors (Lipinski definition) is 7. The van der Waals surface area contributed by atoms with Crippen molar-refractivity contribution in [3.8, 4) is 5.75 Å². The molecular weight excluding hydrogens is 546 g/mol. The summed E-state index contributed by atoms with van der Waals surface area (Å²) in [5.74, 6) is -0.791. The molecule has 0 aliphatic heterocycles. The summed E-state index contributed by atoms with van der Waals surface area (Å²) in [7, 11) is 0. The van der Waals surface area contributed by atoms with Gasteiger partial charge in [0, 0.05) is 11.4 Å². The summed E-state index contributed by atoms with van der Waals surface area (Å²) in [6.45, 7) is 11.1. The molecule has 0 radical (unpaired) electrons. The topological polar surface area (TPSA) is 90.9 Å². The van der Waals surface area contributed by atoms with Gasteiger partial charge in [0.05, 0.1) is 29.4 Å². The van der Waals surface area contributed by atoms with Crippen molar-refractivity contribution in [2.45, 2.75) is 60.5 Å². The molecule has 1 N–H and O–H groups in total. The van der Waals surface area contributed by atoms with Gasteiger partial charge in [0.15, 0.2) is 0 Å². The average molecular weight is 575 g/mol. The smallest absolute Gasteiger partial charge is 0.348 e. The first-order valence-corrected chi connectivity index (χ1v) is 12.9. The van der Waals surface area contributed by atoms with Crippen LogP contribution in [0.15, 0.2) is 10.5 Å². The summed E-state index contributed by atoms with van der Waals surface area (Å²) >= 11 is 10.7. The molecule has 0 saturated heterocycles. The largest absolute Gasteiger partial charge is 0.492 e. The summed E-state index contributed by atoms with van der Waals surface area (Å²) in [5.41, 5.74) is 2.39. The maximum absolute atomic E-state index is 12.6. The maximum atomic E-state index is 12.6. The lowest BCUT2D eigenvalue weighted by molar-refractivity contribution is -0.116. The van der Waals surface area contributed by atoms with Crippen molar-refractivity contribution in [1.82, 2.24) is 0 Å². The van der Waals surface area contributed by atoms with E-state index in [1.54, 1.807) is 27.7 Å². The predicted molar refractivity (Wildman–Crippen MR) is 138 cm³/mol. The highest BCUT2D eigenvalue weighted by atomic mass is 79.9. The Morgan fingerprint density at radius 1 is 1.15 bits per heavy atom. The minimum Gasteiger partial charge on any atom is -0.492 e. The Labute approximate surface area is 217 Å². The zero-order valence-corrected chi connectivity index (χ0v) is 23.3. The fraction of sp³-hybridized carbons (Fsp3) is 0.458. The number of aryl methyl sites for hydroxylation is 1. The fourth-order valence-corrected chi connectivity index (χ4v) is 4.91. The van der Waals surface area contributed by atoms with Gasteiger partial charge in [-0.3, -0.25) is 4.79 Å². The molecule has 7 nitrogen and oxygen atoms in total. The van der Waals surface area contributed by atoms with Crippen molar-refractivity contribution in [1.29, 1.82) is 0 Å². The molecule has 0 aliphatic carbocycles. The number of carbonyl (C=O) groups excluding carboxylic acids is 3. The Hall–Kier alpha value is -2.10. The minimum atomic E-state index is -0.600. The van der Waals surface area contributed by atoms with Crippen molar-refractivity contribution >= 4 is 61.7 Å². The molecule has 186 valence electrons. The number of rotatable bonds is 10. The van der Waals surface area contributed by atoms with Crippen LogP contribution in [0.25, 0.3) is 0 Å². The molecule has 0 fully saturated rings. The van der Waals surface area contributed by atoms with Gasteiger partial charge >= 0.3 is 11.9 Å². The quantitative estimate of drug-likeness (QED) is 0.253. The molecule has 0 bridgehead atoms. The molecule has 0 saturated carbocycles. The van der Waals surface area contributed by atoms with Gasteiger partial charge in [-0.1, -0.05) is 11.6 Å². The molecule has 1 aromatic heterocycles. The summed E-state index contributed by atoms with van der Waals surface area (Å²) in [5, 5.41) is 3.69. The molecule has 10 heteroatoms. The van der Waals surface area contributed by atoms with E-state index in [1.807, 2.05) is 19.9 Å². The zero-order chi connectivity index (χ0) is 25.6. The second-order valence-corrected chi connectivity index (χ2v) is 10.1. The van der Waals surface area contributed by atoms with Gasteiger partial charge in [0.2, 0.25) is 5.91 Å². The first kappa shape index (κ1) is 28.1. The van der Waals surface area contributed by atoms with Crippen molar-refractivity contribution < 1.29 is 28.6 Å². The Bertz CT molecular complexity index is 1080. The van der Waals surface area contributed by atoms with Gasteiger partial charge in [-0.25, -0.2) is 9.59 Å². The molecule has 34 heavy (non-hydrogen) atoms. The Kier molecular flexibility index (Phi) is 10.4. The van der Waals surface area contributed by atoms with Gasteiger partial charge < -0.3 is 19.5 Å². The van der Waals surface area contributed by atoms with E-state index in [4.69, 9.17) is 25.8 Å². The van der Waals surface area contributed by atoms with Crippen LogP contribution in [0.2, 0.25) is 5.02 Å². The number of halogens is 2. The monoisotopic (exact) mass is 573 g/mol. The van der Waals surface area contributed by atoms with Crippen LogP contribution in [0, 0.1) is 20.8 Å². The minimum absolute atomic E-state index is 0.161. The number of amides is 1. The van der Waals surface area contributed by atoms with Crippen molar-refractivity contribution in [3.05, 3.63) is 42.7 Å². The van der Waals surface area contributed by atoms with Crippen molar-refractivity contribution in [3.63, 3.8) is 0 Å². The lowest BCUT2D eigenvalue weighted by Gasteiger charge is -2.13. The van der Waals surface area contributed by atoms with Gasteiger partial charge in [-0.05, 0) is 86.6 Å². The zero-order valence-electron chi connectivity index (χ0n) is 20.1. The van der Waals surface area contributed by atoms with Gasteiger partial charge in [-0.15, -0.1) is 11.3 Å². The van der Waals surface area contributed by atoms with E-state index in [2.05, 4.69) is 21.2 Å². The van der Waals surface area contributed by atoms with Crippen molar-refractivity contribution in [2.75, 3.05) is 18.5 Å². The molecule has 1 aromatic carbocycles. The van der Waals surface area contributed by atoms with E-state index in [9.17, 15) is 14.4 Å². The number of ether oxygens (including phenoxy) is 3. The average Bonchev–Trinajstić information content (AvgIpc) is 3.08. The SMILES string of the molecule is CCOC(=O)c1c(NC(=O)CCCOc2cc(C)c(Cl)c(C)c2Br)sc(C(=O)OC(C)C)c1C. The Balaban J connectivity index is 2.07. The van der Waals surface area contributed by atoms with Crippen LogP contribution in [0.5, 0.6) is 5.75 Å². The third-order valence-corrected chi connectivity index (χ3v) is 7.54. The van der Waals surface area contributed by atoms with E-state index >= 15 is 0 Å². The number of esters is 2. The Morgan fingerprint density at radius 2 is 1.82 bits per heavy atom. The lowest BCUT2D eigenvalue weighted by Crippen LogP contribution is -2.15. The van der Waals surface area contributed by atoms with Crippen LogP contribution >= 0.6 is 38.9 Å². The maximum Gasteiger partial charge on any atom is 0.348 e. The van der Waals surface area contributed by atoms with E-state index in [0.717, 1.165) is 26.9 Å². The third kappa shape index (κ3) is 6.96. The molecule has 1 heterocycles. The summed E-state index contributed by atoms with van der Waals surface area (Å²) in [4.78, 5) is 37.8. The molecule has 0 aliphatic rings. The molecule has 0 unspecified atom stereocenters. The van der Waals surface area contributed by atoms with Crippen LogP contribution in [-0.2, 0) is 14.3 Å². The highest BCUT2D eigenvalue weighted by molar-refractivity contribution is 9.10. The van der Waals surface area contributed by atoms with Crippen LogP contribution in [0.4, 0.5) is 5.00 Å². The van der Waals surface area contributed by atoms with Gasteiger partial charge in [-0.2, -0.15) is 0 Å². The highest BCUT2D eigenvalue weighted by Crippen LogP contribution is 2.36. The van der Waals surface area contributed by atoms with E-state index in [1.165, 1.54) is 0 Å². The van der Waals surface area contributed by atoms with Crippen LogP contribution < -0.4 is 10.1 Å². The van der Waals surface area contributed by atoms with Gasteiger partial charge in [0.1, 0.15) is 15.6 Å². The molecule has 2 rings (SSSR count). The molecular formula is C24H29BrClNO6S. The first-order chi connectivity index (χ1) is 16.0. The Morgan fingerprint density at radius 3 is 2.44 bits per heavy atom. The third-order valence-electron chi connectivity index (χ3n) is 4.78. The number of hydrogen-bond donors (Lipinski definition) is 1. The molecule has 0 atom stereocenters. The summed E-state index contributed by atoms with van der Waals surface area (Å²) in [6.07, 6.45) is 0.292. The summed E-state index contributed by atoms with van der Waals surface area (Å²) in [6, 6.07) is 1.84. The number of carbonyl (C=O) groups is 3. The molecule has 1 amide bonds. The van der Waals surface area contributed by atoms with Crippen LogP contribution in [0.3, 0.4) is 0 Å². The normalized spacial score (nSPS) is 10.9. The fourth-order valence-electron chi connectivity index (χ4n) is 3.12. The number of benzene rings is 1.